The van der Waals surface area contributed by atoms with E-state index in [-0.39, 0.29) is 0 Å². The highest BCUT2D eigenvalue weighted by atomic mass is 35.5. The number of amides is 1. The number of pyridine rings is 1. The summed E-state index contributed by atoms with van der Waals surface area (Å²) < 4.78 is 0. The van der Waals surface area contributed by atoms with Crippen molar-refractivity contribution in [1.82, 2.24) is 15.0 Å². The second-order valence-corrected chi connectivity index (χ2v) is 2.76. The Morgan fingerprint density at radius 2 is 2.46 bits per heavy atom. The van der Waals surface area contributed by atoms with Gasteiger partial charge in [0, 0.05) is 6.07 Å². The summed E-state index contributed by atoms with van der Waals surface area (Å²) in [6.07, 6.45) is 2.03. The Labute approximate surface area is 78.1 Å². The molecule has 5 nitrogen and oxygen atoms in total. The molecule has 0 aliphatic heterocycles. The van der Waals surface area contributed by atoms with Gasteiger partial charge in [0.1, 0.15) is 11.3 Å². The van der Waals surface area contributed by atoms with Crippen LogP contribution < -0.4 is 5.32 Å². The monoisotopic (exact) mass is 196 g/mol. The average Bonchev–Trinajstić information content (AvgIpc) is 2.53. The number of aromatic amines is 1. The Bertz CT molecular complexity index is 453. The number of halogens is 1. The summed E-state index contributed by atoms with van der Waals surface area (Å²) in [6, 6.07) is 1.55. The molecule has 66 valence electrons. The SMILES string of the molecule is O=CNc1cc(Cl)c2[nH]cnc2n1. The fourth-order valence-corrected chi connectivity index (χ4v) is 1.26. The number of fused-ring (bicyclic) bond motifs is 1. The number of aromatic nitrogens is 3. The summed E-state index contributed by atoms with van der Waals surface area (Å²) in [5.41, 5.74) is 1.15. The maximum absolute atomic E-state index is 10.1. The van der Waals surface area contributed by atoms with E-state index in [1.165, 1.54) is 6.33 Å². The summed E-state index contributed by atoms with van der Waals surface area (Å²) in [5, 5.41) is 2.88. The normalized spacial score (nSPS) is 10.2. The standard InChI is InChI=1S/C7H5ClN4O/c8-4-1-5(11-3-13)12-7-6(4)9-2-10-7/h1-3H,(H2,9,10,11,12,13). The molecule has 0 saturated heterocycles. The fraction of sp³-hybridized carbons (Fsp3) is 0. The summed E-state index contributed by atoms with van der Waals surface area (Å²) in [6.45, 7) is 0. The number of H-pyrrole nitrogens is 1. The molecule has 0 saturated carbocycles. The lowest BCUT2D eigenvalue weighted by atomic mass is 10.4. The number of hydrogen-bond donors (Lipinski definition) is 2. The number of rotatable bonds is 2. The molecule has 2 N–H and O–H groups in total. The van der Waals surface area contributed by atoms with Crippen molar-refractivity contribution in [3.63, 3.8) is 0 Å². The second kappa shape index (κ2) is 3.02. The number of anilines is 1. The van der Waals surface area contributed by atoms with Gasteiger partial charge in [0.05, 0.1) is 11.3 Å². The van der Waals surface area contributed by atoms with Crippen molar-refractivity contribution >= 4 is 35.0 Å². The van der Waals surface area contributed by atoms with E-state index >= 15 is 0 Å². The maximum atomic E-state index is 10.1. The maximum Gasteiger partial charge on any atom is 0.212 e. The summed E-state index contributed by atoms with van der Waals surface area (Å²) in [5.74, 6) is 0.389. The minimum absolute atomic E-state index is 0.389. The predicted molar refractivity (Wildman–Crippen MR) is 48.6 cm³/mol. The number of nitrogens with one attached hydrogen (secondary N) is 2. The third-order valence-electron chi connectivity index (χ3n) is 1.55. The highest BCUT2D eigenvalue weighted by molar-refractivity contribution is 6.35. The van der Waals surface area contributed by atoms with E-state index in [2.05, 4.69) is 20.3 Å². The van der Waals surface area contributed by atoms with Crippen molar-refractivity contribution in [3.8, 4) is 0 Å². The van der Waals surface area contributed by atoms with E-state index < -0.39 is 0 Å². The van der Waals surface area contributed by atoms with E-state index in [0.717, 1.165) is 0 Å². The number of imidazole rings is 1. The van der Waals surface area contributed by atoms with Crippen LogP contribution in [0.4, 0.5) is 5.82 Å². The van der Waals surface area contributed by atoms with E-state index in [1.807, 2.05) is 0 Å². The van der Waals surface area contributed by atoms with Crippen LogP contribution in [0, 0.1) is 0 Å². The lowest BCUT2D eigenvalue weighted by Gasteiger charge is -1.98. The molecule has 13 heavy (non-hydrogen) atoms. The first-order valence-electron chi connectivity index (χ1n) is 3.51. The molecule has 2 rings (SSSR count). The lowest BCUT2D eigenvalue weighted by Crippen LogP contribution is -1.96. The summed E-state index contributed by atoms with van der Waals surface area (Å²) in [4.78, 5) is 20.9. The minimum Gasteiger partial charge on any atom is -0.342 e. The van der Waals surface area contributed by atoms with Crippen LogP contribution in [0.1, 0.15) is 0 Å². The Balaban J connectivity index is 2.62. The zero-order valence-corrected chi connectivity index (χ0v) is 7.17. The van der Waals surface area contributed by atoms with Crippen molar-refractivity contribution in [3.05, 3.63) is 17.4 Å². The quantitative estimate of drug-likeness (QED) is 0.709. The fourth-order valence-electron chi connectivity index (χ4n) is 1.02. The van der Waals surface area contributed by atoms with Crippen molar-refractivity contribution in [2.24, 2.45) is 0 Å². The molecular formula is C7H5ClN4O. The van der Waals surface area contributed by atoms with Gasteiger partial charge >= 0.3 is 0 Å². The molecule has 0 aliphatic rings. The highest BCUT2D eigenvalue weighted by Gasteiger charge is 2.04. The van der Waals surface area contributed by atoms with Gasteiger partial charge in [-0.25, -0.2) is 9.97 Å². The van der Waals surface area contributed by atoms with Gasteiger partial charge in [-0.2, -0.15) is 0 Å². The first-order valence-corrected chi connectivity index (χ1v) is 3.89. The molecule has 2 aromatic heterocycles. The van der Waals surface area contributed by atoms with Crippen LogP contribution in [0.5, 0.6) is 0 Å². The van der Waals surface area contributed by atoms with Crippen molar-refractivity contribution < 1.29 is 4.79 Å². The smallest absolute Gasteiger partial charge is 0.212 e. The zero-order valence-electron chi connectivity index (χ0n) is 6.41. The Kier molecular flexibility index (Phi) is 1.86. The van der Waals surface area contributed by atoms with Crippen molar-refractivity contribution in [2.45, 2.75) is 0 Å². The number of carbonyl (C=O) groups is 1. The largest absolute Gasteiger partial charge is 0.342 e. The molecule has 6 heteroatoms. The van der Waals surface area contributed by atoms with E-state index in [9.17, 15) is 4.79 Å². The van der Waals surface area contributed by atoms with E-state index in [0.29, 0.717) is 28.4 Å². The molecule has 0 atom stereocenters. The molecule has 2 heterocycles. The van der Waals surface area contributed by atoms with E-state index in [1.54, 1.807) is 6.07 Å². The van der Waals surface area contributed by atoms with Gasteiger partial charge in [-0.3, -0.25) is 4.79 Å². The Morgan fingerprint density at radius 3 is 3.23 bits per heavy atom. The van der Waals surface area contributed by atoms with Crippen LogP contribution in [0.25, 0.3) is 11.2 Å². The van der Waals surface area contributed by atoms with Gasteiger partial charge < -0.3 is 10.3 Å². The topological polar surface area (TPSA) is 70.7 Å². The molecule has 0 radical (unpaired) electrons. The van der Waals surface area contributed by atoms with Gasteiger partial charge in [0.2, 0.25) is 6.41 Å². The van der Waals surface area contributed by atoms with Crippen LogP contribution in [-0.4, -0.2) is 21.4 Å². The van der Waals surface area contributed by atoms with Gasteiger partial charge in [-0.05, 0) is 0 Å². The summed E-state index contributed by atoms with van der Waals surface area (Å²) in [7, 11) is 0. The number of nitrogens with zero attached hydrogens (tertiary/aromatic N) is 2. The van der Waals surface area contributed by atoms with Gasteiger partial charge in [-0.1, -0.05) is 11.6 Å². The Morgan fingerprint density at radius 1 is 1.62 bits per heavy atom. The third kappa shape index (κ3) is 1.33. The van der Waals surface area contributed by atoms with Gasteiger partial charge in [0.25, 0.3) is 0 Å². The first kappa shape index (κ1) is 8.00. The van der Waals surface area contributed by atoms with Crippen LogP contribution in [0.3, 0.4) is 0 Å². The average molecular weight is 197 g/mol. The van der Waals surface area contributed by atoms with Crippen molar-refractivity contribution in [2.75, 3.05) is 5.32 Å². The molecular weight excluding hydrogens is 192 g/mol. The molecule has 0 aliphatic carbocycles. The zero-order chi connectivity index (χ0) is 9.26. The molecule has 1 amide bonds. The predicted octanol–water partition coefficient (Wildman–Crippen LogP) is 1.18. The van der Waals surface area contributed by atoms with Crippen LogP contribution >= 0.6 is 11.6 Å². The highest BCUT2D eigenvalue weighted by Crippen LogP contribution is 2.21. The minimum atomic E-state index is 0.389. The van der Waals surface area contributed by atoms with Crippen LogP contribution in [0.15, 0.2) is 12.4 Å². The third-order valence-corrected chi connectivity index (χ3v) is 1.85. The number of hydrogen-bond acceptors (Lipinski definition) is 3. The second-order valence-electron chi connectivity index (χ2n) is 2.35. The van der Waals surface area contributed by atoms with Gasteiger partial charge in [-0.15, -0.1) is 0 Å². The first-order chi connectivity index (χ1) is 6.31. The Hall–Kier alpha value is -1.62. The molecule has 0 bridgehead atoms. The molecule has 2 aromatic rings. The van der Waals surface area contributed by atoms with Crippen LogP contribution in [0.2, 0.25) is 5.02 Å². The molecule has 0 spiro atoms. The molecule has 0 fully saturated rings. The summed E-state index contributed by atoms with van der Waals surface area (Å²) >= 11 is 5.87. The molecule has 0 unspecified atom stereocenters. The lowest BCUT2D eigenvalue weighted by molar-refractivity contribution is -0.105. The van der Waals surface area contributed by atoms with Crippen molar-refractivity contribution in [1.29, 1.82) is 0 Å². The van der Waals surface area contributed by atoms with E-state index in [4.69, 9.17) is 11.6 Å². The van der Waals surface area contributed by atoms with Gasteiger partial charge in [0.15, 0.2) is 5.65 Å². The molecule has 0 aromatic carbocycles. The number of carbonyl (C=O) groups excluding carboxylic acids is 1. The van der Waals surface area contributed by atoms with Crippen LogP contribution in [-0.2, 0) is 4.79 Å².